The lowest BCUT2D eigenvalue weighted by atomic mass is 10.0. The highest BCUT2D eigenvalue weighted by atomic mass is 35.5. The van der Waals surface area contributed by atoms with Crippen LogP contribution in [0.4, 0.5) is 5.00 Å². The molecule has 2 heterocycles. The number of carbonyl (C=O) groups is 2. The summed E-state index contributed by atoms with van der Waals surface area (Å²) in [6.45, 7) is 5.75. The molecule has 0 saturated heterocycles. The molecule has 0 aliphatic rings. The van der Waals surface area contributed by atoms with Crippen LogP contribution < -0.4 is 10.1 Å². The van der Waals surface area contributed by atoms with E-state index in [1.165, 1.54) is 30.2 Å². The van der Waals surface area contributed by atoms with Crippen molar-refractivity contribution in [3.05, 3.63) is 75.4 Å². The number of nitrogens with one attached hydrogen (secondary N) is 1. The van der Waals surface area contributed by atoms with Crippen LogP contribution in [0.1, 0.15) is 40.3 Å². The average Bonchev–Trinajstić information content (AvgIpc) is 3.49. The van der Waals surface area contributed by atoms with Crippen LogP contribution in [0.5, 0.6) is 5.75 Å². The second-order valence-corrected chi connectivity index (χ2v) is 10.8. The first kappa shape index (κ1) is 27.7. The lowest BCUT2D eigenvalue weighted by molar-refractivity contribution is -0.113. The van der Waals surface area contributed by atoms with Crippen molar-refractivity contribution in [2.75, 3.05) is 18.2 Å². The number of esters is 1. The van der Waals surface area contributed by atoms with Gasteiger partial charge in [-0.25, -0.2) is 4.79 Å². The summed E-state index contributed by atoms with van der Waals surface area (Å²) >= 11 is 8.79. The summed E-state index contributed by atoms with van der Waals surface area (Å²) in [4.78, 5) is 25.3. The third kappa shape index (κ3) is 6.03. The van der Waals surface area contributed by atoms with Crippen molar-refractivity contribution in [2.45, 2.75) is 32.0 Å². The summed E-state index contributed by atoms with van der Waals surface area (Å²) in [6.07, 6.45) is -0.374. The van der Waals surface area contributed by atoms with Gasteiger partial charge in [0.1, 0.15) is 16.3 Å². The van der Waals surface area contributed by atoms with E-state index in [-0.39, 0.29) is 17.8 Å². The maximum Gasteiger partial charge on any atom is 0.341 e. The number of thioether (sulfide) groups is 1. The lowest BCUT2D eigenvalue weighted by Gasteiger charge is -2.16. The zero-order valence-electron chi connectivity index (χ0n) is 21.6. The first-order chi connectivity index (χ1) is 18.2. The lowest BCUT2D eigenvalue weighted by Crippen LogP contribution is -2.16. The summed E-state index contributed by atoms with van der Waals surface area (Å²) in [5, 5.41) is 14.9. The normalized spacial score (nSPS) is 11.7. The van der Waals surface area contributed by atoms with Gasteiger partial charge in [-0.15, -0.1) is 21.5 Å². The van der Waals surface area contributed by atoms with E-state index in [0.717, 1.165) is 21.7 Å². The molecule has 198 valence electrons. The number of rotatable bonds is 9. The number of hydrogen-bond donors (Lipinski definition) is 1. The van der Waals surface area contributed by atoms with Gasteiger partial charge < -0.3 is 19.4 Å². The third-order valence-corrected chi connectivity index (χ3v) is 8.32. The van der Waals surface area contributed by atoms with Crippen molar-refractivity contribution in [1.29, 1.82) is 0 Å². The predicted molar refractivity (Wildman–Crippen MR) is 151 cm³/mol. The Balaban J connectivity index is 1.42. The topological polar surface area (TPSA) is 95.3 Å². The number of anilines is 1. The van der Waals surface area contributed by atoms with E-state index >= 15 is 0 Å². The Bertz CT molecular complexity index is 1450. The van der Waals surface area contributed by atoms with Crippen LogP contribution in [0.15, 0.2) is 53.0 Å². The standard InChI is InChI=1S/C27H27ClN4O4S2/c1-15-11-19(12-16(2)23(15)28)36-17(3)24-30-31-27(32(24)4)38-14-21(33)29-25-22(26(34)35-5)20(13-37-25)18-9-7-6-8-10-18/h6-13,17H,14H2,1-5H3,(H,29,33). The Kier molecular flexibility index (Phi) is 8.76. The van der Waals surface area contributed by atoms with Gasteiger partial charge in [-0.3, -0.25) is 4.79 Å². The molecule has 1 unspecified atom stereocenters. The smallest absolute Gasteiger partial charge is 0.341 e. The van der Waals surface area contributed by atoms with Gasteiger partial charge in [0.05, 0.1) is 12.9 Å². The molecule has 0 bridgehead atoms. The predicted octanol–water partition coefficient (Wildman–Crippen LogP) is 6.47. The summed E-state index contributed by atoms with van der Waals surface area (Å²) < 4.78 is 12.9. The second-order valence-electron chi connectivity index (χ2n) is 8.58. The monoisotopic (exact) mass is 570 g/mol. The number of methoxy groups -OCH3 is 1. The van der Waals surface area contributed by atoms with Gasteiger partial charge in [-0.1, -0.05) is 53.7 Å². The van der Waals surface area contributed by atoms with Crippen molar-refractivity contribution in [3.8, 4) is 16.9 Å². The summed E-state index contributed by atoms with van der Waals surface area (Å²) in [5.74, 6) is 0.613. The van der Waals surface area contributed by atoms with Crippen molar-refractivity contribution in [3.63, 3.8) is 0 Å². The molecule has 0 aliphatic carbocycles. The number of amides is 1. The number of aromatic nitrogens is 3. The number of thiophene rings is 1. The van der Waals surface area contributed by atoms with Gasteiger partial charge in [0.2, 0.25) is 5.91 Å². The van der Waals surface area contributed by atoms with Gasteiger partial charge >= 0.3 is 5.97 Å². The van der Waals surface area contributed by atoms with Crippen molar-refractivity contribution in [1.82, 2.24) is 14.8 Å². The molecule has 1 atom stereocenters. The number of hydrogen-bond acceptors (Lipinski definition) is 8. The minimum Gasteiger partial charge on any atom is -0.483 e. The zero-order chi connectivity index (χ0) is 27.4. The molecule has 0 fully saturated rings. The molecule has 4 rings (SSSR count). The Morgan fingerprint density at radius 2 is 1.84 bits per heavy atom. The van der Waals surface area contributed by atoms with E-state index in [1.807, 2.05) is 75.7 Å². The molecule has 2 aromatic carbocycles. The number of aryl methyl sites for hydroxylation is 2. The van der Waals surface area contributed by atoms with Crippen LogP contribution in [0, 0.1) is 13.8 Å². The largest absolute Gasteiger partial charge is 0.483 e. The number of ether oxygens (including phenoxy) is 2. The van der Waals surface area contributed by atoms with Crippen molar-refractivity contribution >= 4 is 51.6 Å². The minimum absolute atomic E-state index is 0.0793. The van der Waals surface area contributed by atoms with E-state index < -0.39 is 5.97 Å². The number of halogens is 1. The molecular weight excluding hydrogens is 544 g/mol. The van der Waals surface area contributed by atoms with E-state index in [1.54, 1.807) is 4.57 Å². The van der Waals surface area contributed by atoms with Gasteiger partial charge in [-0.2, -0.15) is 0 Å². The molecule has 11 heteroatoms. The molecule has 8 nitrogen and oxygen atoms in total. The molecule has 1 amide bonds. The molecule has 0 saturated carbocycles. The molecule has 0 radical (unpaired) electrons. The Morgan fingerprint density at radius 3 is 2.50 bits per heavy atom. The maximum atomic E-state index is 12.8. The van der Waals surface area contributed by atoms with Crippen molar-refractivity contribution in [2.24, 2.45) is 7.05 Å². The highest BCUT2D eigenvalue weighted by Gasteiger charge is 2.23. The zero-order valence-corrected chi connectivity index (χ0v) is 24.0. The van der Waals surface area contributed by atoms with E-state index in [4.69, 9.17) is 21.1 Å². The summed E-state index contributed by atoms with van der Waals surface area (Å²) in [6, 6.07) is 13.3. The van der Waals surface area contributed by atoms with E-state index in [2.05, 4.69) is 15.5 Å². The average molecular weight is 571 g/mol. The molecule has 38 heavy (non-hydrogen) atoms. The SMILES string of the molecule is COC(=O)c1c(-c2ccccc2)csc1NC(=O)CSc1nnc(C(C)Oc2cc(C)c(Cl)c(C)c2)n1C. The van der Waals surface area contributed by atoms with Gasteiger partial charge in [-0.05, 0) is 49.6 Å². The van der Waals surface area contributed by atoms with Crippen LogP contribution in [-0.2, 0) is 16.6 Å². The number of nitrogens with zero attached hydrogens (tertiary/aromatic N) is 3. The minimum atomic E-state index is -0.508. The maximum absolute atomic E-state index is 12.8. The fourth-order valence-electron chi connectivity index (χ4n) is 3.91. The highest BCUT2D eigenvalue weighted by Crippen LogP contribution is 2.36. The van der Waals surface area contributed by atoms with Gasteiger partial charge in [0, 0.05) is 23.0 Å². The fourth-order valence-corrected chi connectivity index (χ4v) is 5.72. The summed E-state index contributed by atoms with van der Waals surface area (Å²) in [5.41, 5.74) is 3.79. The quantitative estimate of drug-likeness (QED) is 0.182. The first-order valence-corrected chi connectivity index (χ1v) is 13.9. The third-order valence-electron chi connectivity index (χ3n) is 5.81. The number of benzene rings is 2. The fraction of sp³-hybridized carbons (Fsp3) is 0.259. The van der Waals surface area contributed by atoms with Crippen LogP contribution in [0.25, 0.3) is 11.1 Å². The number of carbonyl (C=O) groups excluding carboxylic acids is 2. The molecule has 1 N–H and O–H groups in total. The van der Waals surface area contributed by atoms with E-state index in [9.17, 15) is 9.59 Å². The molecular formula is C27H27ClN4O4S2. The van der Waals surface area contributed by atoms with Gasteiger partial charge in [0.15, 0.2) is 17.1 Å². The Hall–Kier alpha value is -3.34. The van der Waals surface area contributed by atoms with Crippen molar-refractivity contribution < 1.29 is 19.1 Å². The van der Waals surface area contributed by atoms with Gasteiger partial charge in [0.25, 0.3) is 0 Å². The van der Waals surface area contributed by atoms with E-state index in [0.29, 0.717) is 32.9 Å². The Morgan fingerprint density at radius 1 is 1.16 bits per heavy atom. The first-order valence-electron chi connectivity index (χ1n) is 11.7. The highest BCUT2D eigenvalue weighted by molar-refractivity contribution is 7.99. The van der Waals surface area contributed by atoms with Crippen LogP contribution in [0.3, 0.4) is 0 Å². The molecule has 4 aromatic rings. The molecule has 2 aromatic heterocycles. The Labute approximate surface area is 234 Å². The summed E-state index contributed by atoms with van der Waals surface area (Å²) in [7, 11) is 3.15. The van der Waals surface area contributed by atoms with Crippen LogP contribution >= 0.6 is 34.7 Å². The van der Waals surface area contributed by atoms with Crippen LogP contribution in [-0.4, -0.2) is 39.5 Å². The molecule has 0 aliphatic heterocycles. The second kappa shape index (κ2) is 12.0. The van der Waals surface area contributed by atoms with Crippen LogP contribution in [0.2, 0.25) is 5.02 Å². The molecule has 0 spiro atoms.